The Morgan fingerprint density at radius 1 is 1.21 bits per heavy atom. The summed E-state index contributed by atoms with van der Waals surface area (Å²) >= 11 is 0. The van der Waals surface area contributed by atoms with E-state index in [1.807, 2.05) is 13.0 Å². The van der Waals surface area contributed by atoms with Gasteiger partial charge < -0.3 is 24.9 Å². The van der Waals surface area contributed by atoms with Crippen molar-refractivity contribution in [2.75, 3.05) is 6.61 Å². The van der Waals surface area contributed by atoms with Crippen molar-refractivity contribution in [2.45, 2.75) is 57.7 Å². The SMILES string of the molecule is C[C@]12C=CC(=O)C=C1CC[C@@H]1[C@@H]2C(O)C[C@@]2(C)[C@H]1CC[C@]2(O)C(=O)COP(=O)(O)OP(=O)(O)O. The minimum absolute atomic E-state index is 0.0292. The Balaban J connectivity index is 1.57. The zero-order valence-corrected chi connectivity index (χ0v) is 20.7. The first-order valence-electron chi connectivity index (χ1n) is 11.1. The third kappa shape index (κ3) is 4.15. The summed E-state index contributed by atoms with van der Waals surface area (Å²) in [4.78, 5) is 51.9. The molecule has 0 spiro atoms. The highest BCUT2D eigenvalue weighted by Crippen LogP contribution is 2.67. The molecule has 8 atom stereocenters. The molecule has 4 aliphatic carbocycles. The fourth-order valence-electron chi connectivity index (χ4n) is 7.21. The maximum Gasteiger partial charge on any atom is 0.481 e. The number of aliphatic hydroxyl groups excluding tert-OH is 1. The molecule has 190 valence electrons. The number of phosphoric ester groups is 1. The van der Waals surface area contributed by atoms with Gasteiger partial charge in [-0.2, -0.15) is 4.31 Å². The number of hydrogen-bond acceptors (Lipinski definition) is 8. The number of allylic oxidation sites excluding steroid dienone is 4. The fraction of sp³-hybridized carbons (Fsp3) is 0.714. The van der Waals surface area contributed by atoms with E-state index in [1.54, 1.807) is 13.0 Å². The van der Waals surface area contributed by atoms with E-state index in [0.717, 1.165) is 5.57 Å². The lowest BCUT2D eigenvalue weighted by Gasteiger charge is -2.59. The van der Waals surface area contributed by atoms with Gasteiger partial charge >= 0.3 is 15.6 Å². The van der Waals surface area contributed by atoms with Crippen LogP contribution in [0.25, 0.3) is 0 Å². The molecule has 4 aliphatic rings. The molecular formula is C21H30O11P2. The van der Waals surface area contributed by atoms with Crippen LogP contribution >= 0.6 is 15.6 Å². The van der Waals surface area contributed by atoms with Gasteiger partial charge in [-0.05, 0) is 56.1 Å². The number of hydrogen-bond donors (Lipinski definition) is 5. The van der Waals surface area contributed by atoms with Crippen molar-refractivity contribution in [2.24, 2.45) is 28.6 Å². The van der Waals surface area contributed by atoms with Crippen molar-refractivity contribution in [3.8, 4) is 0 Å². The molecule has 11 nitrogen and oxygen atoms in total. The highest BCUT2D eigenvalue weighted by Gasteiger charge is 2.68. The van der Waals surface area contributed by atoms with Crippen LogP contribution in [-0.4, -0.2) is 54.8 Å². The van der Waals surface area contributed by atoms with Crippen LogP contribution in [0.3, 0.4) is 0 Å². The molecule has 0 radical (unpaired) electrons. The van der Waals surface area contributed by atoms with E-state index in [4.69, 9.17) is 9.79 Å². The first-order chi connectivity index (χ1) is 15.5. The fourth-order valence-corrected chi connectivity index (χ4v) is 8.75. The molecule has 0 aromatic rings. The first-order valence-corrected chi connectivity index (χ1v) is 14.2. The van der Waals surface area contributed by atoms with Gasteiger partial charge in [0.2, 0.25) is 0 Å². The van der Waals surface area contributed by atoms with Crippen LogP contribution in [0.2, 0.25) is 0 Å². The van der Waals surface area contributed by atoms with E-state index in [1.165, 1.54) is 6.08 Å². The lowest BCUT2D eigenvalue weighted by atomic mass is 9.46. The maximum atomic E-state index is 13.0. The number of phosphoric acid groups is 2. The third-order valence-electron chi connectivity index (χ3n) is 8.68. The largest absolute Gasteiger partial charge is 0.481 e. The Hall–Kier alpha value is -1.00. The summed E-state index contributed by atoms with van der Waals surface area (Å²) in [5.74, 6) is -1.36. The molecule has 2 unspecified atom stereocenters. The molecule has 0 heterocycles. The van der Waals surface area contributed by atoms with Crippen molar-refractivity contribution < 1.29 is 52.4 Å². The van der Waals surface area contributed by atoms with Crippen molar-refractivity contribution >= 4 is 27.2 Å². The average molecular weight is 520 g/mol. The van der Waals surface area contributed by atoms with Crippen molar-refractivity contribution in [1.82, 2.24) is 0 Å². The van der Waals surface area contributed by atoms with Gasteiger partial charge in [-0.25, -0.2) is 9.13 Å². The molecule has 5 N–H and O–H groups in total. The number of fused-ring (bicyclic) bond motifs is 5. The monoisotopic (exact) mass is 520 g/mol. The maximum absolute atomic E-state index is 13.0. The van der Waals surface area contributed by atoms with Gasteiger partial charge in [-0.1, -0.05) is 25.5 Å². The number of carbonyl (C=O) groups is 2. The van der Waals surface area contributed by atoms with Crippen LogP contribution in [0.5, 0.6) is 0 Å². The van der Waals surface area contributed by atoms with Crippen LogP contribution in [0.15, 0.2) is 23.8 Å². The molecule has 0 saturated heterocycles. The molecule has 0 aromatic carbocycles. The molecule has 3 saturated carbocycles. The summed E-state index contributed by atoms with van der Waals surface area (Å²) < 4.78 is 30.8. The van der Waals surface area contributed by atoms with Crippen molar-refractivity contribution in [1.29, 1.82) is 0 Å². The smallest absolute Gasteiger partial charge is 0.393 e. The molecule has 0 amide bonds. The summed E-state index contributed by atoms with van der Waals surface area (Å²) in [6.45, 7) is 2.64. The quantitative estimate of drug-likeness (QED) is 0.321. The molecule has 0 bridgehead atoms. The van der Waals surface area contributed by atoms with E-state index in [2.05, 4.69) is 8.83 Å². The van der Waals surface area contributed by atoms with Gasteiger partial charge in [0.1, 0.15) is 12.2 Å². The summed E-state index contributed by atoms with van der Waals surface area (Å²) in [7, 11) is -10.6. The molecule has 3 fully saturated rings. The van der Waals surface area contributed by atoms with E-state index in [-0.39, 0.29) is 36.4 Å². The summed E-state index contributed by atoms with van der Waals surface area (Å²) in [6.07, 6.45) is 6.12. The van der Waals surface area contributed by atoms with Gasteiger partial charge in [0, 0.05) is 16.7 Å². The van der Waals surface area contributed by atoms with E-state index in [9.17, 15) is 33.8 Å². The van der Waals surface area contributed by atoms with Crippen LogP contribution < -0.4 is 0 Å². The van der Waals surface area contributed by atoms with Crippen LogP contribution in [0, 0.1) is 28.6 Å². The summed E-state index contributed by atoms with van der Waals surface area (Å²) in [5, 5.41) is 22.8. The minimum Gasteiger partial charge on any atom is -0.393 e. The Morgan fingerprint density at radius 2 is 1.88 bits per heavy atom. The van der Waals surface area contributed by atoms with Gasteiger partial charge in [0.15, 0.2) is 11.6 Å². The number of carbonyl (C=O) groups excluding carboxylic acids is 2. The van der Waals surface area contributed by atoms with E-state index < -0.39 is 50.6 Å². The van der Waals surface area contributed by atoms with Gasteiger partial charge in [0.25, 0.3) is 0 Å². The standard InChI is InChI=1S/C21H30O11P2/c1-19-7-5-13(22)9-12(19)3-4-14-15-6-8-21(25,20(15,2)10-16(23)18(14)19)17(24)11-31-34(29,30)32-33(26,27)28/h5,7,9,14-16,18,23,25H,3-4,6,8,10-11H2,1-2H3,(H,29,30)(H2,26,27,28)/t14-,15-,16?,18+,19-,20-,21-/m0/s1. The molecule has 34 heavy (non-hydrogen) atoms. The average Bonchev–Trinajstić information content (AvgIpc) is 2.96. The Kier molecular flexibility index (Phi) is 6.34. The zero-order valence-electron chi connectivity index (χ0n) is 18.9. The minimum atomic E-state index is -5.35. The number of Topliss-reactive ketones (excluding diaryl/α,β-unsaturated/α-hetero) is 1. The predicted molar refractivity (Wildman–Crippen MR) is 117 cm³/mol. The number of aliphatic hydroxyl groups is 2. The first kappa shape index (κ1) is 26.1. The van der Waals surface area contributed by atoms with Gasteiger partial charge in [-0.15, -0.1) is 0 Å². The molecule has 4 rings (SSSR count). The van der Waals surface area contributed by atoms with E-state index >= 15 is 0 Å². The Bertz CT molecular complexity index is 1060. The van der Waals surface area contributed by atoms with E-state index in [0.29, 0.717) is 19.3 Å². The second kappa shape index (κ2) is 8.26. The zero-order chi connectivity index (χ0) is 25.3. The van der Waals surface area contributed by atoms with Gasteiger partial charge in [-0.3, -0.25) is 14.1 Å². The van der Waals surface area contributed by atoms with Crippen molar-refractivity contribution in [3.63, 3.8) is 0 Å². The molecule has 0 aliphatic heterocycles. The lowest BCUT2D eigenvalue weighted by Crippen LogP contribution is -2.61. The second-order valence-corrected chi connectivity index (χ2v) is 13.2. The molecule has 13 heteroatoms. The van der Waals surface area contributed by atoms with Crippen LogP contribution in [0.1, 0.15) is 46.0 Å². The third-order valence-corrected chi connectivity index (χ3v) is 10.8. The Labute approximate surface area is 196 Å². The van der Waals surface area contributed by atoms with Crippen LogP contribution in [0.4, 0.5) is 0 Å². The predicted octanol–water partition coefficient (Wildman–Crippen LogP) is 1.79. The number of rotatable bonds is 6. The number of ketones is 2. The summed E-state index contributed by atoms with van der Waals surface area (Å²) in [5.41, 5.74) is -2.55. The molecule has 0 aromatic heterocycles. The summed E-state index contributed by atoms with van der Waals surface area (Å²) in [6, 6.07) is 0. The normalized spacial score (nSPS) is 43.4. The Morgan fingerprint density at radius 3 is 2.53 bits per heavy atom. The highest BCUT2D eigenvalue weighted by molar-refractivity contribution is 7.60. The van der Waals surface area contributed by atoms with Crippen LogP contribution in [-0.2, 0) is 27.6 Å². The molecular weight excluding hydrogens is 490 g/mol. The lowest BCUT2D eigenvalue weighted by molar-refractivity contribution is -0.178. The second-order valence-electron chi connectivity index (χ2n) is 10.3. The highest BCUT2D eigenvalue weighted by atomic mass is 31.3. The van der Waals surface area contributed by atoms with Gasteiger partial charge in [0.05, 0.1) is 6.10 Å². The topological polar surface area (TPSA) is 188 Å². The van der Waals surface area contributed by atoms with Crippen molar-refractivity contribution in [3.05, 3.63) is 23.8 Å².